The minimum absolute atomic E-state index is 0. The Balaban J connectivity index is 0.00000264. The van der Waals surface area contributed by atoms with Crippen molar-refractivity contribution in [3.63, 3.8) is 0 Å². The number of aromatic hydroxyl groups is 1. The average molecular weight is 370 g/mol. The zero-order valence-corrected chi connectivity index (χ0v) is 14.6. The Labute approximate surface area is 156 Å². The van der Waals surface area contributed by atoms with E-state index in [9.17, 15) is 15.0 Å². The van der Waals surface area contributed by atoms with Crippen LogP contribution in [-0.2, 0) is 6.42 Å². The second-order valence-corrected chi connectivity index (χ2v) is 5.95. The van der Waals surface area contributed by atoms with Crippen molar-refractivity contribution in [1.82, 2.24) is 0 Å². The van der Waals surface area contributed by atoms with E-state index in [2.05, 4.69) is 33.4 Å². The van der Waals surface area contributed by atoms with Crippen molar-refractivity contribution in [1.29, 1.82) is 0 Å². The van der Waals surface area contributed by atoms with E-state index in [0.29, 0.717) is 5.69 Å². The van der Waals surface area contributed by atoms with Crippen LogP contribution in [0.2, 0.25) is 0 Å². The standard InChI is InChI=1S/C17H18BrNO3.Li/c18-13-6-3-5-12(10-13)4-1-2-9-19-14-7-8-16(20)15(11-14)17(21)22;/h3,5-8,10-11,19-20H,1-2,4,9H2,(H,21,22);/q;+1/p-1. The van der Waals surface area contributed by atoms with E-state index >= 15 is 0 Å². The number of carboxylic acid groups (broad SMARTS) is 1. The van der Waals surface area contributed by atoms with Crippen LogP contribution >= 0.6 is 15.9 Å². The molecular weight excluding hydrogens is 353 g/mol. The van der Waals surface area contributed by atoms with Crippen LogP contribution < -0.4 is 29.3 Å². The van der Waals surface area contributed by atoms with Gasteiger partial charge < -0.3 is 20.3 Å². The zero-order chi connectivity index (χ0) is 15.9. The largest absolute Gasteiger partial charge is 1.00 e. The molecule has 23 heavy (non-hydrogen) atoms. The fraction of sp³-hybridized carbons (Fsp3) is 0.235. The molecule has 0 aromatic heterocycles. The Morgan fingerprint density at radius 3 is 2.65 bits per heavy atom. The predicted octanol–water partition coefficient (Wildman–Crippen LogP) is -0.0430. The summed E-state index contributed by atoms with van der Waals surface area (Å²) in [5, 5.41) is 23.4. The molecule has 2 N–H and O–H groups in total. The molecule has 0 amide bonds. The van der Waals surface area contributed by atoms with Crippen LogP contribution in [0.1, 0.15) is 28.8 Å². The number of unbranched alkanes of at least 4 members (excludes halogenated alkanes) is 1. The summed E-state index contributed by atoms with van der Waals surface area (Å²) >= 11 is 3.45. The van der Waals surface area contributed by atoms with Crippen LogP contribution in [0.15, 0.2) is 46.9 Å². The first-order valence-corrected chi connectivity index (χ1v) is 7.88. The SMILES string of the molecule is O=C([O-])c1cc(NCCCCc2cccc(Br)c2)ccc1O.[Li+]. The number of phenols is 1. The minimum Gasteiger partial charge on any atom is -0.545 e. The maximum absolute atomic E-state index is 10.8. The van der Waals surface area contributed by atoms with Crippen LogP contribution in [-0.4, -0.2) is 17.6 Å². The summed E-state index contributed by atoms with van der Waals surface area (Å²) in [6.45, 7) is 0.741. The van der Waals surface area contributed by atoms with Crippen LogP contribution in [0.3, 0.4) is 0 Å². The van der Waals surface area contributed by atoms with Crippen LogP contribution in [0.25, 0.3) is 0 Å². The molecule has 2 aromatic carbocycles. The summed E-state index contributed by atoms with van der Waals surface area (Å²) < 4.78 is 1.09. The van der Waals surface area contributed by atoms with Gasteiger partial charge in [0.2, 0.25) is 0 Å². The molecule has 0 spiro atoms. The van der Waals surface area contributed by atoms with Gasteiger partial charge in [0.15, 0.2) is 0 Å². The monoisotopic (exact) mass is 369 g/mol. The molecular formula is C17H17BrLiNO3. The Hall–Kier alpha value is -1.41. The zero-order valence-electron chi connectivity index (χ0n) is 13.0. The van der Waals surface area contributed by atoms with Crippen LogP contribution in [0.4, 0.5) is 5.69 Å². The van der Waals surface area contributed by atoms with Crippen molar-refractivity contribution in [3.05, 3.63) is 58.1 Å². The third-order valence-corrected chi connectivity index (χ3v) is 3.82. The number of aromatic carboxylic acids is 1. The first-order chi connectivity index (χ1) is 10.6. The van der Waals surface area contributed by atoms with E-state index in [0.717, 1.165) is 30.3 Å². The molecule has 6 heteroatoms. The van der Waals surface area contributed by atoms with Gasteiger partial charge in [-0.3, -0.25) is 0 Å². The van der Waals surface area contributed by atoms with Crippen molar-refractivity contribution < 1.29 is 33.9 Å². The van der Waals surface area contributed by atoms with Gasteiger partial charge in [-0.25, -0.2) is 0 Å². The van der Waals surface area contributed by atoms with Gasteiger partial charge in [0.05, 0.1) is 5.97 Å². The Morgan fingerprint density at radius 1 is 1.17 bits per heavy atom. The summed E-state index contributed by atoms with van der Waals surface area (Å²) in [6.07, 6.45) is 3.00. The average Bonchev–Trinajstić information content (AvgIpc) is 2.48. The van der Waals surface area contributed by atoms with Crippen LogP contribution in [0.5, 0.6) is 5.75 Å². The van der Waals surface area contributed by atoms with Gasteiger partial charge in [-0.1, -0.05) is 28.1 Å². The predicted molar refractivity (Wildman–Crippen MR) is 88.0 cm³/mol. The summed E-state index contributed by atoms with van der Waals surface area (Å²) in [5.74, 6) is -1.66. The smallest absolute Gasteiger partial charge is 0.545 e. The number of hydrogen-bond acceptors (Lipinski definition) is 4. The normalized spacial score (nSPS) is 9.96. The van der Waals surface area contributed by atoms with Crippen molar-refractivity contribution in [2.24, 2.45) is 0 Å². The van der Waals surface area contributed by atoms with Gasteiger partial charge in [0.1, 0.15) is 5.75 Å². The Bertz CT molecular complexity index is 664. The first kappa shape index (κ1) is 19.6. The second-order valence-electron chi connectivity index (χ2n) is 5.03. The molecule has 0 saturated heterocycles. The number of carboxylic acids is 1. The quantitative estimate of drug-likeness (QED) is 0.408. The summed E-state index contributed by atoms with van der Waals surface area (Å²) in [6, 6.07) is 12.6. The maximum atomic E-state index is 10.8. The Kier molecular flexibility index (Phi) is 8.25. The molecule has 0 unspecified atom stereocenters. The van der Waals surface area contributed by atoms with E-state index in [1.807, 2.05) is 12.1 Å². The number of hydrogen-bond donors (Lipinski definition) is 2. The van der Waals surface area contributed by atoms with Gasteiger partial charge in [-0.15, -0.1) is 0 Å². The number of carbonyl (C=O) groups is 1. The molecule has 0 aliphatic carbocycles. The number of nitrogens with one attached hydrogen (secondary N) is 1. The fourth-order valence-electron chi connectivity index (χ4n) is 2.19. The van der Waals surface area contributed by atoms with Gasteiger partial charge in [0.25, 0.3) is 0 Å². The third kappa shape index (κ3) is 6.31. The molecule has 0 atom stereocenters. The molecule has 0 aliphatic heterocycles. The summed E-state index contributed by atoms with van der Waals surface area (Å²) in [5.41, 5.74) is 1.76. The van der Waals surface area contributed by atoms with E-state index in [1.54, 1.807) is 6.07 Å². The molecule has 0 heterocycles. The van der Waals surface area contributed by atoms with Gasteiger partial charge in [-0.05, 0) is 55.2 Å². The van der Waals surface area contributed by atoms with Crippen molar-refractivity contribution in [2.75, 3.05) is 11.9 Å². The number of carbonyl (C=O) groups excluding carboxylic acids is 1. The Morgan fingerprint density at radius 2 is 1.96 bits per heavy atom. The topological polar surface area (TPSA) is 72.4 Å². The number of aryl methyl sites for hydroxylation is 1. The number of benzene rings is 2. The second kappa shape index (κ2) is 9.67. The van der Waals surface area contributed by atoms with Crippen LogP contribution in [0, 0.1) is 0 Å². The molecule has 0 bridgehead atoms. The van der Waals surface area contributed by atoms with E-state index in [1.165, 1.54) is 17.7 Å². The number of halogens is 1. The summed E-state index contributed by atoms with van der Waals surface area (Å²) in [4.78, 5) is 10.8. The van der Waals surface area contributed by atoms with Gasteiger partial charge in [0, 0.05) is 22.3 Å². The molecule has 116 valence electrons. The third-order valence-electron chi connectivity index (χ3n) is 3.33. The molecule has 2 aromatic rings. The maximum Gasteiger partial charge on any atom is 1.00 e. The minimum atomic E-state index is -1.38. The van der Waals surface area contributed by atoms with E-state index in [-0.39, 0.29) is 30.2 Å². The van der Waals surface area contributed by atoms with Gasteiger partial charge >= 0.3 is 18.9 Å². The van der Waals surface area contributed by atoms with E-state index in [4.69, 9.17) is 0 Å². The van der Waals surface area contributed by atoms with Crippen molar-refractivity contribution >= 4 is 27.6 Å². The van der Waals surface area contributed by atoms with Crippen molar-refractivity contribution in [3.8, 4) is 5.75 Å². The van der Waals surface area contributed by atoms with Gasteiger partial charge in [-0.2, -0.15) is 0 Å². The number of rotatable bonds is 7. The molecule has 0 fully saturated rings. The molecule has 0 radical (unpaired) electrons. The van der Waals surface area contributed by atoms with Crippen molar-refractivity contribution in [2.45, 2.75) is 19.3 Å². The number of anilines is 1. The molecule has 0 saturated carbocycles. The molecule has 4 nitrogen and oxygen atoms in total. The molecule has 2 rings (SSSR count). The first-order valence-electron chi connectivity index (χ1n) is 7.09. The summed E-state index contributed by atoms with van der Waals surface area (Å²) in [7, 11) is 0. The van der Waals surface area contributed by atoms with E-state index < -0.39 is 5.97 Å². The fourth-order valence-corrected chi connectivity index (χ4v) is 2.64. The molecule has 0 aliphatic rings.